The van der Waals surface area contributed by atoms with Gasteiger partial charge in [-0.25, -0.2) is 0 Å². The number of benzene rings is 1. The number of imide groups is 1. The van der Waals surface area contributed by atoms with Crippen LogP contribution in [0.5, 0.6) is 0 Å². The number of carbonyl (C=O) groups excluding carboxylic acids is 2. The average molecular weight is 303 g/mol. The molecule has 1 aliphatic heterocycles. The number of hydrogen-bond acceptors (Lipinski definition) is 2. The van der Waals surface area contributed by atoms with E-state index >= 15 is 0 Å². The Kier molecular flexibility index (Phi) is 3.30. The smallest absolute Gasteiger partial charge is 0.262 e. The summed E-state index contributed by atoms with van der Waals surface area (Å²) in [5.74, 6) is -0.435. The van der Waals surface area contributed by atoms with Crippen LogP contribution >= 0.6 is 27.5 Å². The molecule has 16 heavy (non-hydrogen) atoms. The Morgan fingerprint density at radius 3 is 2.81 bits per heavy atom. The quantitative estimate of drug-likeness (QED) is 0.748. The molecule has 1 aromatic carbocycles. The lowest BCUT2D eigenvalue weighted by atomic mass is 10.2. The largest absolute Gasteiger partial charge is 0.278 e. The topological polar surface area (TPSA) is 37.4 Å². The van der Waals surface area contributed by atoms with Gasteiger partial charge in [-0.05, 0) is 24.6 Å². The lowest BCUT2D eigenvalue weighted by Crippen LogP contribution is -2.32. The van der Waals surface area contributed by atoms with Crippen LogP contribution in [0.2, 0.25) is 5.02 Å². The highest BCUT2D eigenvalue weighted by Crippen LogP contribution is 2.24. The molecule has 0 spiro atoms. The van der Waals surface area contributed by atoms with Crippen LogP contribution in [0.15, 0.2) is 22.7 Å². The van der Waals surface area contributed by atoms with E-state index in [4.69, 9.17) is 11.6 Å². The van der Waals surface area contributed by atoms with Gasteiger partial charge in [-0.1, -0.05) is 27.5 Å². The van der Waals surface area contributed by atoms with Gasteiger partial charge < -0.3 is 0 Å². The third-order valence-electron chi connectivity index (χ3n) is 2.48. The summed E-state index contributed by atoms with van der Waals surface area (Å²) in [7, 11) is 0. The normalized spacial score (nSPS) is 15.6. The summed E-state index contributed by atoms with van der Waals surface area (Å²) in [6.07, 6.45) is 1.17. The van der Waals surface area contributed by atoms with E-state index in [9.17, 15) is 9.59 Å². The van der Waals surface area contributed by atoms with Crippen molar-refractivity contribution in [2.45, 2.75) is 12.8 Å². The predicted molar refractivity (Wildman–Crippen MR) is 64.4 cm³/mol. The second-order valence-corrected chi connectivity index (χ2v) is 4.90. The minimum Gasteiger partial charge on any atom is -0.278 e. The zero-order valence-corrected chi connectivity index (χ0v) is 10.7. The van der Waals surface area contributed by atoms with Gasteiger partial charge in [-0.2, -0.15) is 0 Å². The van der Waals surface area contributed by atoms with Crippen molar-refractivity contribution in [1.29, 1.82) is 0 Å². The summed E-state index contributed by atoms with van der Waals surface area (Å²) in [6, 6.07) is 5.03. The Hall–Kier alpha value is -0.870. The molecule has 0 N–H and O–H groups in total. The molecule has 5 heteroatoms. The van der Waals surface area contributed by atoms with E-state index in [1.54, 1.807) is 18.2 Å². The van der Waals surface area contributed by atoms with Gasteiger partial charge in [-0.3, -0.25) is 14.5 Å². The van der Waals surface area contributed by atoms with E-state index in [1.165, 1.54) is 4.90 Å². The number of likely N-dealkylation sites (tertiary alicyclic amines) is 1. The van der Waals surface area contributed by atoms with E-state index in [1.807, 2.05) is 0 Å². The van der Waals surface area contributed by atoms with Gasteiger partial charge in [-0.15, -0.1) is 0 Å². The van der Waals surface area contributed by atoms with Crippen molar-refractivity contribution >= 4 is 39.3 Å². The zero-order valence-electron chi connectivity index (χ0n) is 8.37. The van der Waals surface area contributed by atoms with Crippen molar-refractivity contribution in [2.75, 3.05) is 6.54 Å². The SMILES string of the molecule is O=C1CCCN1C(=O)c1cc(Br)ccc1Cl. The first-order chi connectivity index (χ1) is 7.59. The fourth-order valence-corrected chi connectivity index (χ4v) is 2.23. The maximum atomic E-state index is 12.0. The van der Waals surface area contributed by atoms with Crippen LogP contribution in [0.3, 0.4) is 0 Å². The number of rotatable bonds is 1. The zero-order chi connectivity index (χ0) is 11.7. The highest BCUT2D eigenvalue weighted by Gasteiger charge is 2.28. The fourth-order valence-electron chi connectivity index (χ4n) is 1.67. The molecule has 1 fully saturated rings. The molecule has 0 bridgehead atoms. The number of nitrogens with zero attached hydrogens (tertiary/aromatic N) is 1. The van der Waals surface area contributed by atoms with Crippen LogP contribution < -0.4 is 0 Å². The molecular weight excluding hydrogens is 293 g/mol. The van der Waals surface area contributed by atoms with Crippen molar-refractivity contribution in [1.82, 2.24) is 4.90 Å². The monoisotopic (exact) mass is 301 g/mol. The molecule has 0 atom stereocenters. The maximum Gasteiger partial charge on any atom is 0.262 e. The molecule has 3 nitrogen and oxygen atoms in total. The molecule has 0 aromatic heterocycles. The highest BCUT2D eigenvalue weighted by atomic mass is 79.9. The van der Waals surface area contributed by atoms with Gasteiger partial charge in [0.15, 0.2) is 0 Å². The van der Waals surface area contributed by atoms with Gasteiger partial charge in [0, 0.05) is 17.4 Å². The Labute approximate surface area is 107 Å². The molecule has 1 aromatic rings. The van der Waals surface area contributed by atoms with E-state index in [2.05, 4.69) is 15.9 Å². The van der Waals surface area contributed by atoms with Crippen LogP contribution in [0.1, 0.15) is 23.2 Å². The Morgan fingerprint density at radius 1 is 1.44 bits per heavy atom. The molecule has 1 aliphatic rings. The van der Waals surface area contributed by atoms with Crippen molar-refractivity contribution in [3.05, 3.63) is 33.3 Å². The number of hydrogen-bond donors (Lipinski definition) is 0. The second kappa shape index (κ2) is 4.55. The van der Waals surface area contributed by atoms with Gasteiger partial charge in [0.25, 0.3) is 5.91 Å². The van der Waals surface area contributed by atoms with E-state index in [0.717, 1.165) is 10.9 Å². The number of amides is 2. The number of carbonyl (C=O) groups is 2. The maximum absolute atomic E-state index is 12.0. The van der Waals surface area contributed by atoms with Crippen molar-refractivity contribution in [2.24, 2.45) is 0 Å². The molecule has 0 aliphatic carbocycles. The van der Waals surface area contributed by atoms with Gasteiger partial charge in [0.1, 0.15) is 0 Å². The molecular formula is C11H9BrClNO2. The molecule has 0 radical (unpaired) electrons. The standard InChI is InChI=1S/C11H9BrClNO2/c12-7-3-4-9(13)8(6-7)11(16)14-5-1-2-10(14)15/h3-4,6H,1-2,5H2. The van der Waals surface area contributed by atoms with Gasteiger partial charge in [0.05, 0.1) is 10.6 Å². The van der Waals surface area contributed by atoms with Crippen molar-refractivity contribution in [3.8, 4) is 0 Å². The van der Waals surface area contributed by atoms with Crippen molar-refractivity contribution < 1.29 is 9.59 Å². The first kappa shape index (κ1) is 11.6. The Morgan fingerprint density at radius 2 is 2.19 bits per heavy atom. The summed E-state index contributed by atoms with van der Waals surface area (Å²) in [4.78, 5) is 24.7. The predicted octanol–water partition coefficient (Wildman–Crippen LogP) is 2.87. The average Bonchev–Trinajstić information content (AvgIpc) is 2.67. The highest BCUT2D eigenvalue weighted by molar-refractivity contribution is 9.10. The summed E-state index contributed by atoms with van der Waals surface area (Å²) in [5.41, 5.74) is 0.367. The lowest BCUT2D eigenvalue weighted by Gasteiger charge is -2.14. The second-order valence-electron chi connectivity index (χ2n) is 3.58. The third kappa shape index (κ3) is 2.13. The summed E-state index contributed by atoms with van der Waals surface area (Å²) in [5, 5.41) is 0.368. The fraction of sp³-hybridized carbons (Fsp3) is 0.273. The number of halogens is 2. The first-order valence-electron chi connectivity index (χ1n) is 4.89. The summed E-state index contributed by atoms with van der Waals surface area (Å²) < 4.78 is 0.770. The van der Waals surface area contributed by atoms with Crippen LogP contribution in [0.25, 0.3) is 0 Å². The Balaban J connectivity index is 2.33. The molecule has 2 rings (SSSR count). The van der Waals surface area contributed by atoms with Gasteiger partial charge in [0.2, 0.25) is 5.91 Å². The van der Waals surface area contributed by atoms with Crippen LogP contribution in [0, 0.1) is 0 Å². The minimum absolute atomic E-state index is 0.124. The van der Waals surface area contributed by atoms with E-state index < -0.39 is 0 Å². The van der Waals surface area contributed by atoms with Gasteiger partial charge >= 0.3 is 0 Å². The van der Waals surface area contributed by atoms with Crippen LogP contribution in [-0.2, 0) is 4.79 Å². The first-order valence-corrected chi connectivity index (χ1v) is 6.06. The lowest BCUT2D eigenvalue weighted by molar-refractivity contribution is -0.125. The van der Waals surface area contributed by atoms with E-state index in [-0.39, 0.29) is 11.8 Å². The molecule has 1 saturated heterocycles. The minimum atomic E-state index is -0.311. The van der Waals surface area contributed by atoms with Crippen molar-refractivity contribution in [3.63, 3.8) is 0 Å². The van der Waals surface area contributed by atoms with Crippen LogP contribution in [-0.4, -0.2) is 23.3 Å². The molecule has 84 valence electrons. The molecule has 1 heterocycles. The Bertz CT molecular complexity index is 461. The van der Waals surface area contributed by atoms with Crippen LogP contribution in [0.4, 0.5) is 0 Å². The molecule has 2 amide bonds. The molecule has 0 saturated carbocycles. The van der Waals surface area contributed by atoms with E-state index in [0.29, 0.717) is 23.6 Å². The summed E-state index contributed by atoms with van der Waals surface area (Å²) >= 11 is 9.21. The summed E-state index contributed by atoms with van der Waals surface area (Å²) in [6.45, 7) is 0.487. The molecule has 0 unspecified atom stereocenters. The third-order valence-corrected chi connectivity index (χ3v) is 3.30.